The summed E-state index contributed by atoms with van der Waals surface area (Å²) >= 11 is 2.79. The van der Waals surface area contributed by atoms with E-state index in [1.54, 1.807) is 4.90 Å². The molecule has 3 N–H and O–H groups in total. The highest BCUT2D eigenvalue weighted by Crippen LogP contribution is 2.30. The van der Waals surface area contributed by atoms with Gasteiger partial charge in [0.25, 0.3) is 0 Å². The van der Waals surface area contributed by atoms with Crippen molar-refractivity contribution in [1.29, 1.82) is 0 Å². The number of nitrogens with zero attached hydrogens (tertiary/aromatic N) is 2. The van der Waals surface area contributed by atoms with E-state index < -0.39 is 0 Å². The minimum absolute atomic E-state index is 0.0622. The second kappa shape index (κ2) is 8.23. The monoisotopic (exact) mass is 330 g/mol. The standard InChI is InChI=1S/C13H22N4O2S2/c1-5-17(6-10(18)15-8(2)3)11(19)7-20-12-9(4)16-13(14)21-12/h8H,5-7H2,1-4H3,(H2,14,16)(H,15,18). The van der Waals surface area contributed by atoms with Crippen LogP contribution in [-0.2, 0) is 9.59 Å². The van der Waals surface area contributed by atoms with Gasteiger partial charge in [-0.15, -0.1) is 11.8 Å². The fraction of sp³-hybridized carbons (Fsp3) is 0.615. The van der Waals surface area contributed by atoms with Crippen LogP contribution in [-0.4, -0.2) is 46.6 Å². The number of carbonyl (C=O) groups excluding carboxylic acids is 2. The van der Waals surface area contributed by atoms with E-state index in [4.69, 9.17) is 5.73 Å². The maximum Gasteiger partial charge on any atom is 0.239 e. The molecule has 21 heavy (non-hydrogen) atoms. The Hall–Kier alpha value is -1.28. The Morgan fingerprint density at radius 1 is 1.48 bits per heavy atom. The van der Waals surface area contributed by atoms with Crippen LogP contribution in [0.3, 0.4) is 0 Å². The van der Waals surface area contributed by atoms with Gasteiger partial charge in [-0.2, -0.15) is 0 Å². The number of hydrogen-bond acceptors (Lipinski definition) is 6. The van der Waals surface area contributed by atoms with Crippen molar-refractivity contribution in [2.45, 2.75) is 37.9 Å². The molecule has 1 rings (SSSR count). The SMILES string of the molecule is CCN(CC(=O)NC(C)C)C(=O)CSc1sc(N)nc1C. The zero-order valence-corrected chi connectivity index (χ0v) is 14.4. The van der Waals surface area contributed by atoms with Gasteiger partial charge in [0.05, 0.1) is 22.2 Å². The third-order valence-electron chi connectivity index (χ3n) is 2.62. The Morgan fingerprint density at radius 3 is 2.62 bits per heavy atom. The summed E-state index contributed by atoms with van der Waals surface area (Å²) in [6.45, 7) is 8.12. The van der Waals surface area contributed by atoms with E-state index in [2.05, 4.69) is 10.3 Å². The van der Waals surface area contributed by atoms with Crippen molar-refractivity contribution in [2.24, 2.45) is 0 Å². The molecule has 6 nitrogen and oxygen atoms in total. The number of likely N-dealkylation sites (N-methyl/N-ethyl adjacent to an activating group) is 1. The quantitative estimate of drug-likeness (QED) is 0.740. The highest BCUT2D eigenvalue weighted by Gasteiger charge is 2.17. The minimum atomic E-state index is -0.136. The van der Waals surface area contributed by atoms with Gasteiger partial charge in [0.2, 0.25) is 11.8 Å². The first-order valence-corrected chi connectivity index (χ1v) is 8.56. The first-order chi connectivity index (χ1) is 9.83. The average molecular weight is 330 g/mol. The van der Waals surface area contributed by atoms with E-state index in [1.807, 2.05) is 27.7 Å². The number of thiazole rings is 1. The van der Waals surface area contributed by atoms with Gasteiger partial charge in [0, 0.05) is 12.6 Å². The van der Waals surface area contributed by atoms with Crippen LogP contribution in [0.1, 0.15) is 26.5 Å². The second-order valence-corrected chi connectivity index (χ2v) is 7.12. The molecule has 0 saturated heterocycles. The van der Waals surface area contributed by atoms with Gasteiger partial charge in [-0.25, -0.2) is 4.98 Å². The molecule has 0 aromatic carbocycles. The highest BCUT2D eigenvalue weighted by molar-refractivity contribution is 8.01. The lowest BCUT2D eigenvalue weighted by atomic mass is 10.3. The number of rotatable bonds is 7. The first kappa shape index (κ1) is 17.8. The molecule has 2 amide bonds. The molecule has 8 heteroatoms. The number of nitrogen functional groups attached to an aromatic ring is 1. The summed E-state index contributed by atoms with van der Waals surface area (Å²) < 4.78 is 0.948. The summed E-state index contributed by atoms with van der Waals surface area (Å²) in [5, 5.41) is 3.29. The highest BCUT2D eigenvalue weighted by atomic mass is 32.2. The lowest BCUT2D eigenvalue weighted by Crippen LogP contribution is -2.43. The topological polar surface area (TPSA) is 88.3 Å². The molecule has 0 atom stereocenters. The van der Waals surface area contributed by atoms with E-state index >= 15 is 0 Å². The Labute approximate surface area is 133 Å². The normalized spacial score (nSPS) is 10.7. The summed E-state index contributed by atoms with van der Waals surface area (Å²) in [5.41, 5.74) is 6.47. The number of amides is 2. The van der Waals surface area contributed by atoms with Gasteiger partial charge in [0.15, 0.2) is 5.13 Å². The van der Waals surface area contributed by atoms with Crippen LogP contribution in [0.4, 0.5) is 5.13 Å². The summed E-state index contributed by atoms with van der Waals surface area (Å²) in [5.74, 6) is 0.0850. The number of aryl methyl sites for hydroxylation is 1. The van der Waals surface area contributed by atoms with Gasteiger partial charge in [-0.05, 0) is 27.7 Å². The Morgan fingerprint density at radius 2 is 2.14 bits per heavy atom. The van der Waals surface area contributed by atoms with Crippen LogP contribution in [0.5, 0.6) is 0 Å². The lowest BCUT2D eigenvalue weighted by Gasteiger charge is -2.20. The van der Waals surface area contributed by atoms with Crippen LogP contribution in [0.25, 0.3) is 0 Å². The smallest absolute Gasteiger partial charge is 0.239 e. The molecule has 0 aliphatic heterocycles. The van der Waals surface area contributed by atoms with E-state index in [1.165, 1.54) is 23.1 Å². The van der Waals surface area contributed by atoms with Crippen LogP contribution in [0.2, 0.25) is 0 Å². The molecule has 1 aromatic heterocycles. The van der Waals surface area contributed by atoms with Crippen LogP contribution >= 0.6 is 23.1 Å². The molecular formula is C13H22N4O2S2. The number of carbonyl (C=O) groups is 2. The van der Waals surface area contributed by atoms with Gasteiger partial charge >= 0.3 is 0 Å². The maximum absolute atomic E-state index is 12.2. The summed E-state index contributed by atoms with van der Waals surface area (Å²) in [6, 6.07) is 0.0727. The zero-order chi connectivity index (χ0) is 16.0. The molecule has 0 aliphatic rings. The van der Waals surface area contributed by atoms with E-state index in [-0.39, 0.29) is 30.2 Å². The van der Waals surface area contributed by atoms with Crippen molar-refractivity contribution >= 4 is 40.0 Å². The zero-order valence-electron chi connectivity index (χ0n) is 12.8. The minimum Gasteiger partial charge on any atom is -0.375 e. The Balaban J connectivity index is 2.51. The summed E-state index contributed by atoms with van der Waals surface area (Å²) in [4.78, 5) is 29.6. The van der Waals surface area contributed by atoms with Crippen LogP contribution in [0, 0.1) is 6.92 Å². The largest absolute Gasteiger partial charge is 0.375 e. The van der Waals surface area contributed by atoms with Crippen molar-refractivity contribution in [3.8, 4) is 0 Å². The predicted octanol–water partition coefficient (Wildman–Crippen LogP) is 1.50. The first-order valence-electron chi connectivity index (χ1n) is 6.76. The number of nitrogens with one attached hydrogen (secondary N) is 1. The van der Waals surface area contributed by atoms with Crippen LogP contribution < -0.4 is 11.1 Å². The molecule has 0 aliphatic carbocycles. The number of nitrogens with two attached hydrogens (primary N) is 1. The summed E-state index contributed by atoms with van der Waals surface area (Å²) in [7, 11) is 0. The molecule has 118 valence electrons. The maximum atomic E-state index is 12.2. The molecular weight excluding hydrogens is 308 g/mol. The Bertz CT molecular complexity index is 502. The molecule has 0 unspecified atom stereocenters. The average Bonchev–Trinajstić information content (AvgIpc) is 2.70. The molecule has 0 saturated carbocycles. The van der Waals surface area contributed by atoms with Gasteiger partial charge < -0.3 is 16.0 Å². The molecule has 1 heterocycles. The van der Waals surface area contributed by atoms with Crippen LogP contribution in [0.15, 0.2) is 4.21 Å². The lowest BCUT2D eigenvalue weighted by molar-refractivity contribution is -0.134. The van der Waals surface area contributed by atoms with Crippen molar-refractivity contribution in [3.63, 3.8) is 0 Å². The predicted molar refractivity (Wildman–Crippen MR) is 87.5 cm³/mol. The number of anilines is 1. The fourth-order valence-corrected chi connectivity index (χ4v) is 3.60. The number of thioether (sulfide) groups is 1. The van der Waals surface area contributed by atoms with Crippen molar-refractivity contribution in [2.75, 3.05) is 24.6 Å². The fourth-order valence-electron chi connectivity index (χ4n) is 1.67. The van der Waals surface area contributed by atoms with Gasteiger partial charge in [-0.1, -0.05) is 11.3 Å². The van der Waals surface area contributed by atoms with Crippen molar-refractivity contribution in [3.05, 3.63) is 5.69 Å². The van der Waals surface area contributed by atoms with E-state index in [0.29, 0.717) is 11.7 Å². The van der Waals surface area contributed by atoms with Gasteiger partial charge in [-0.3, -0.25) is 9.59 Å². The van der Waals surface area contributed by atoms with Crippen molar-refractivity contribution in [1.82, 2.24) is 15.2 Å². The third-order valence-corrected chi connectivity index (χ3v) is 4.95. The Kier molecular flexibility index (Phi) is 6.97. The molecule has 0 spiro atoms. The molecule has 0 bridgehead atoms. The summed E-state index contributed by atoms with van der Waals surface area (Å²) in [6.07, 6.45) is 0. The molecule has 0 fully saturated rings. The third kappa shape index (κ3) is 5.92. The van der Waals surface area contributed by atoms with Crippen molar-refractivity contribution < 1.29 is 9.59 Å². The van der Waals surface area contributed by atoms with E-state index in [0.717, 1.165) is 9.90 Å². The second-order valence-electron chi connectivity index (χ2n) is 4.84. The molecule has 1 aromatic rings. The van der Waals surface area contributed by atoms with E-state index in [9.17, 15) is 9.59 Å². The molecule has 0 radical (unpaired) electrons. The van der Waals surface area contributed by atoms with Gasteiger partial charge in [0.1, 0.15) is 0 Å². The number of aromatic nitrogens is 1. The number of hydrogen-bond donors (Lipinski definition) is 2.